The molecule has 1 N–H and O–H groups in total. The van der Waals surface area contributed by atoms with E-state index < -0.39 is 5.97 Å². The average Bonchev–Trinajstić information content (AvgIpc) is 2.28. The van der Waals surface area contributed by atoms with Crippen LogP contribution in [0.5, 0.6) is 5.75 Å². The molecule has 0 radical (unpaired) electrons. The maximum absolute atomic E-state index is 11.9. The highest BCUT2D eigenvalue weighted by Crippen LogP contribution is 2.38. The minimum atomic E-state index is -0.421. The smallest absolute Gasteiger partial charge is 0.342 e. The van der Waals surface area contributed by atoms with Gasteiger partial charge in [0.05, 0.1) is 18.8 Å². The molecule has 5 heteroatoms. The second-order valence-corrected chi connectivity index (χ2v) is 5.20. The Labute approximate surface area is 111 Å². The summed E-state index contributed by atoms with van der Waals surface area (Å²) in [6, 6.07) is 3.32. The average molecular weight is 270 g/mol. The highest BCUT2D eigenvalue weighted by atomic mass is 35.5. The Morgan fingerprint density at radius 2 is 2.28 bits per heavy atom. The third-order valence-electron chi connectivity index (χ3n) is 2.63. The molecule has 0 aromatic heterocycles. The molecule has 1 aliphatic heterocycles. The number of esters is 1. The van der Waals surface area contributed by atoms with Gasteiger partial charge in [0.15, 0.2) is 5.75 Å². The quantitative estimate of drug-likeness (QED) is 0.838. The first-order valence-corrected chi connectivity index (χ1v) is 6.24. The van der Waals surface area contributed by atoms with Crippen LogP contribution in [0.3, 0.4) is 0 Å². The van der Waals surface area contributed by atoms with Crippen molar-refractivity contribution in [1.29, 1.82) is 0 Å². The summed E-state index contributed by atoms with van der Waals surface area (Å²) < 4.78 is 10.9. The fraction of sp³-hybridized carbons (Fsp3) is 0.462. The van der Waals surface area contributed by atoms with Crippen LogP contribution in [0.25, 0.3) is 0 Å². The van der Waals surface area contributed by atoms with E-state index in [0.29, 0.717) is 29.5 Å². The molecular weight excluding hydrogens is 254 g/mol. The summed E-state index contributed by atoms with van der Waals surface area (Å²) in [4.78, 5) is 11.9. The van der Waals surface area contributed by atoms with Gasteiger partial charge in [0.2, 0.25) is 0 Å². The monoisotopic (exact) mass is 269 g/mol. The van der Waals surface area contributed by atoms with E-state index in [0.717, 1.165) is 5.69 Å². The fourth-order valence-corrected chi connectivity index (χ4v) is 2.03. The number of anilines is 1. The molecule has 0 fully saturated rings. The zero-order valence-corrected chi connectivity index (χ0v) is 11.4. The van der Waals surface area contributed by atoms with E-state index in [2.05, 4.69) is 5.32 Å². The minimum absolute atomic E-state index is 0.316. The van der Waals surface area contributed by atoms with Gasteiger partial charge in [0.25, 0.3) is 0 Å². The van der Waals surface area contributed by atoms with E-state index >= 15 is 0 Å². The fourth-order valence-electron chi connectivity index (χ4n) is 1.82. The molecule has 1 heterocycles. The van der Waals surface area contributed by atoms with E-state index in [1.54, 1.807) is 19.1 Å². The number of benzene rings is 1. The lowest BCUT2D eigenvalue weighted by molar-refractivity contribution is 0.0509. The Hall–Kier alpha value is -1.42. The first-order valence-electron chi connectivity index (χ1n) is 5.86. The van der Waals surface area contributed by atoms with Crippen molar-refractivity contribution in [2.75, 3.05) is 18.5 Å². The number of hydrogen-bond acceptors (Lipinski definition) is 4. The van der Waals surface area contributed by atoms with Gasteiger partial charge in [-0.3, -0.25) is 0 Å². The maximum atomic E-state index is 11.9. The van der Waals surface area contributed by atoms with Gasteiger partial charge in [-0.2, -0.15) is 0 Å². The summed E-state index contributed by atoms with van der Waals surface area (Å²) in [5.74, 6) is 0.0878. The van der Waals surface area contributed by atoms with Gasteiger partial charge in [0.1, 0.15) is 11.2 Å². The van der Waals surface area contributed by atoms with Gasteiger partial charge < -0.3 is 14.8 Å². The topological polar surface area (TPSA) is 47.6 Å². The Bertz CT molecular complexity index is 485. The zero-order chi connectivity index (χ0) is 13.3. The van der Waals surface area contributed by atoms with Crippen LogP contribution >= 0.6 is 11.6 Å². The van der Waals surface area contributed by atoms with Gasteiger partial charge in [-0.25, -0.2) is 4.79 Å². The molecule has 0 bridgehead atoms. The third kappa shape index (κ3) is 2.53. The van der Waals surface area contributed by atoms with Gasteiger partial charge in [0, 0.05) is 5.02 Å². The third-order valence-corrected chi connectivity index (χ3v) is 2.85. The van der Waals surface area contributed by atoms with Crippen LogP contribution in [-0.2, 0) is 4.74 Å². The molecule has 0 saturated carbocycles. The minimum Gasteiger partial charge on any atom is -0.483 e. The Morgan fingerprint density at radius 3 is 2.94 bits per heavy atom. The van der Waals surface area contributed by atoms with Crippen LogP contribution in [-0.4, -0.2) is 24.7 Å². The normalized spacial score (nSPS) is 16.2. The summed E-state index contributed by atoms with van der Waals surface area (Å²) in [5, 5.41) is 3.69. The van der Waals surface area contributed by atoms with Crippen LogP contribution in [0.1, 0.15) is 31.1 Å². The van der Waals surface area contributed by atoms with Crippen LogP contribution in [0, 0.1) is 0 Å². The lowest BCUT2D eigenvalue weighted by Gasteiger charge is -2.34. The van der Waals surface area contributed by atoms with Crippen molar-refractivity contribution in [3.63, 3.8) is 0 Å². The van der Waals surface area contributed by atoms with Crippen LogP contribution in [0.2, 0.25) is 5.02 Å². The van der Waals surface area contributed by atoms with Crippen LogP contribution in [0.15, 0.2) is 12.1 Å². The van der Waals surface area contributed by atoms with Crippen molar-refractivity contribution < 1.29 is 14.3 Å². The highest BCUT2D eigenvalue weighted by Gasteiger charge is 2.30. The molecule has 0 amide bonds. The molecule has 0 spiro atoms. The maximum Gasteiger partial charge on any atom is 0.342 e. The number of ether oxygens (including phenoxy) is 2. The number of fused-ring (bicyclic) bond motifs is 1. The summed E-state index contributed by atoms with van der Waals surface area (Å²) in [5.41, 5.74) is 0.715. The molecule has 1 aliphatic rings. The highest BCUT2D eigenvalue weighted by molar-refractivity contribution is 6.31. The second kappa shape index (κ2) is 4.69. The Balaban J connectivity index is 2.46. The molecule has 0 saturated heterocycles. The Morgan fingerprint density at radius 1 is 1.56 bits per heavy atom. The van der Waals surface area contributed by atoms with Crippen LogP contribution < -0.4 is 10.1 Å². The number of hydrogen-bond donors (Lipinski definition) is 1. The van der Waals surface area contributed by atoms with Crippen molar-refractivity contribution in [1.82, 2.24) is 0 Å². The van der Waals surface area contributed by atoms with Crippen molar-refractivity contribution in [3.05, 3.63) is 22.7 Å². The molecule has 4 nitrogen and oxygen atoms in total. The van der Waals surface area contributed by atoms with E-state index in [-0.39, 0.29) is 5.60 Å². The summed E-state index contributed by atoms with van der Waals surface area (Å²) in [7, 11) is 0. The SMILES string of the molecule is CCOC(=O)c1cc(Cl)cc2c1OC(C)(C)CN2. The first-order chi connectivity index (χ1) is 8.43. The largest absolute Gasteiger partial charge is 0.483 e. The van der Waals surface area contributed by atoms with Gasteiger partial charge in [-0.15, -0.1) is 0 Å². The molecule has 1 aromatic carbocycles. The Kier molecular flexibility index (Phi) is 3.39. The van der Waals surface area contributed by atoms with Gasteiger partial charge >= 0.3 is 5.97 Å². The lowest BCUT2D eigenvalue weighted by Crippen LogP contribution is -2.40. The number of nitrogens with one attached hydrogen (secondary N) is 1. The molecule has 2 rings (SSSR count). The van der Waals surface area contributed by atoms with Crippen molar-refractivity contribution >= 4 is 23.3 Å². The van der Waals surface area contributed by atoms with Crippen molar-refractivity contribution in [3.8, 4) is 5.75 Å². The molecule has 0 aliphatic carbocycles. The van der Waals surface area contributed by atoms with E-state index in [4.69, 9.17) is 21.1 Å². The summed E-state index contributed by atoms with van der Waals surface area (Å²) in [6.07, 6.45) is 0. The standard InChI is InChI=1S/C13H16ClNO3/c1-4-17-12(16)9-5-8(14)6-10-11(9)18-13(2,3)7-15-10/h5-6,15H,4,7H2,1-3H3. The number of halogens is 1. The second-order valence-electron chi connectivity index (χ2n) is 4.77. The molecule has 18 heavy (non-hydrogen) atoms. The van der Waals surface area contributed by atoms with E-state index in [1.807, 2.05) is 13.8 Å². The predicted octanol–water partition coefficient (Wildman–Crippen LogP) is 3.10. The first kappa shape index (κ1) is 13.0. The van der Waals surface area contributed by atoms with Gasteiger partial charge in [-0.1, -0.05) is 11.6 Å². The molecule has 98 valence electrons. The van der Waals surface area contributed by atoms with Crippen molar-refractivity contribution in [2.24, 2.45) is 0 Å². The molecular formula is C13H16ClNO3. The molecule has 1 aromatic rings. The molecule has 0 unspecified atom stereocenters. The van der Waals surface area contributed by atoms with E-state index in [9.17, 15) is 4.79 Å². The zero-order valence-electron chi connectivity index (χ0n) is 10.7. The lowest BCUT2D eigenvalue weighted by atomic mass is 10.0. The van der Waals surface area contributed by atoms with E-state index in [1.165, 1.54) is 0 Å². The predicted molar refractivity (Wildman–Crippen MR) is 70.6 cm³/mol. The number of carbonyl (C=O) groups is 1. The number of rotatable bonds is 2. The van der Waals surface area contributed by atoms with Crippen LogP contribution in [0.4, 0.5) is 5.69 Å². The van der Waals surface area contributed by atoms with Crippen molar-refractivity contribution in [2.45, 2.75) is 26.4 Å². The van der Waals surface area contributed by atoms with Gasteiger partial charge in [-0.05, 0) is 32.9 Å². The summed E-state index contributed by atoms with van der Waals surface area (Å²) >= 11 is 5.99. The number of carbonyl (C=O) groups excluding carboxylic acids is 1. The summed E-state index contributed by atoms with van der Waals surface area (Å²) in [6.45, 7) is 6.64. The molecule has 0 atom stereocenters.